The van der Waals surface area contributed by atoms with Crippen LogP contribution in [0, 0.1) is 6.92 Å². The molecule has 0 bridgehead atoms. The van der Waals surface area contributed by atoms with Gasteiger partial charge in [0.2, 0.25) is 0 Å². The van der Waals surface area contributed by atoms with Crippen LogP contribution in [-0.2, 0) is 11.3 Å². The van der Waals surface area contributed by atoms with Crippen LogP contribution in [0.1, 0.15) is 34.5 Å². The summed E-state index contributed by atoms with van der Waals surface area (Å²) in [5.74, 6) is 0. The van der Waals surface area contributed by atoms with E-state index in [-0.39, 0.29) is 17.2 Å². The first kappa shape index (κ1) is 16.4. The Balaban J connectivity index is 1.86. The molecule has 1 fully saturated rings. The van der Waals surface area contributed by atoms with Crippen molar-refractivity contribution in [2.45, 2.75) is 32.4 Å². The lowest BCUT2D eigenvalue weighted by atomic mass is 10.1. The minimum absolute atomic E-state index is 0.141. The molecular formula is C18H21N3O3. The average Bonchev–Trinajstić information content (AvgIpc) is 3.11. The largest absolute Gasteiger partial charge is 0.382 e. The van der Waals surface area contributed by atoms with Crippen molar-refractivity contribution in [1.29, 1.82) is 0 Å². The Morgan fingerprint density at radius 2 is 2.38 bits per heavy atom. The minimum atomic E-state index is -0.288. The smallest absolute Gasteiger partial charge is 0.263 e. The second-order valence-corrected chi connectivity index (χ2v) is 6.00. The fourth-order valence-corrected chi connectivity index (χ4v) is 2.95. The number of anilines is 1. The summed E-state index contributed by atoms with van der Waals surface area (Å²) in [4.78, 5) is 28.2. The minimum Gasteiger partial charge on any atom is -0.382 e. The molecular weight excluding hydrogens is 306 g/mol. The summed E-state index contributed by atoms with van der Waals surface area (Å²) in [5, 5.41) is 3.20. The Labute approximate surface area is 140 Å². The maximum absolute atomic E-state index is 12.7. The molecule has 0 saturated carbocycles. The van der Waals surface area contributed by atoms with Gasteiger partial charge in [-0.05, 0) is 37.5 Å². The van der Waals surface area contributed by atoms with Crippen molar-refractivity contribution in [3.63, 3.8) is 0 Å². The van der Waals surface area contributed by atoms with Gasteiger partial charge in [0.15, 0.2) is 6.29 Å². The third kappa shape index (κ3) is 3.54. The van der Waals surface area contributed by atoms with E-state index in [0.717, 1.165) is 30.7 Å². The third-order valence-electron chi connectivity index (χ3n) is 4.27. The van der Waals surface area contributed by atoms with Crippen LogP contribution in [0.5, 0.6) is 0 Å². The number of nitrogens with zero attached hydrogens (tertiary/aromatic N) is 2. The number of aromatic nitrogens is 2. The number of pyridine rings is 2. The van der Waals surface area contributed by atoms with E-state index < -0.39 is 0 Å². The Morgan fingerprint density at radius 3 is 3.04 bits per heavy atom. The van der Waals surface area contributed by atoms with E-state index in [1.165, 1.54) is 0 Å². The second kappa shape index (κ2) is 7.40. The van der Waals surface area contributed by atoms with Crippen LogP contribution in [0.3, 0.4) is 0 Å². The summed E-state index contributed by atoms with van der Waals surface area (Å²) in [7, 11) is 0. The highest BCUT2D eigenvalue weighted by Crippen LogP contribution is 2.17. The van der Waals surface area contributed by atoms with Gasteiger partial charge in [-0.3, -0.25) is 14.6 Å². The predicted octanol–water partition coefficient (Wildman–Crippen LogP) is 2.00. The maximum atomic E-state index is 12.7. The van der Waals surface area contributed by atoms with Gasteiger partial charge in [0.05, 0.1) is 18.3 Å². The Kier molecular flexibility index (Phi) is 5.05. The first-order chi connectivity index (χ1) is 11.7. The fraction of sp³-hybridized carbons (Fsp3) is 0.389. The molecule has 1 atom stereocenters. The number of rotatable bonds is 6. The number of nitrogens with one attached hydrogen (secondary N) is 1. The number of carbonyl (C=O) groups excluding carboxylic acids is 1. The van der Waals surface area contributed by atoms with E-state index >= 15 is 0 Å². The van der Waals surface area contributed by atoms with Crippen molar-refractivity contribution in [2.24, 2.45) is 0 Å². The van der Waals surface area contributed by atoms with Gasteiger partial charge in [-0.1, -0.05) is 6.07 Å². The molecule has 1 unspecified atom stereocenters. The molecule has 3 heterocycles. The highest BCUT2D eigenvalue weighted by atomic mass is 16.5. The molecule has 24 heavy (non-hydrogen) atoms. The zero-order chi connectivity index (χ0) is 16.9. The zero-order valence-electron chi connectivity index (χ0n) is 13.7. The molecule has 1 aliphatic rings. The molecule has 126 valence electrons. The highest BCUT2D eigenvalue weighted by molar-refractivity contribution is 5.83. The summed E-state index contributed by atoms with van der Waals surface area (Å²) < 4.78 is 7.17. The zero-order valence-corrected chi connectivity index (χ0v) is 13.7. The Hall–Kier alpha value is -2.47. The molecule has 2 aromatic heterocycles. The topological polar surface area (TPSA) is 73.2 Å². The number of hydrogen-bond donors (Lipinski definition) is 1. The van der Waals surface area contributed by atoms with Crippen molar-refractivity contribution in [2.75, 3.05) is 18.5 Å². The summed E-state index contributed by atoms with van der Waals surface area (Å²) in [6.45, 7) is 3.64. The molecule has 0 radical (unpaired) electrons. The van der Waals surface area contributed by atoms with Crippen LogP contribution >= 0.6 is 0 Å². The number of carbonyl (C=O) groups is 1. The normalized spacial score (nSPS) is 17.0. The summed E-state index contributed by atoms with van der Waals surface area (Å²) >= 11 is 0. The van der Waals surface area contributed by atoms with Crippen LogP contribution in [0.25, 0.3) is 0 Å². The van der Waals surface area contributed by atoms with Gasteiger partial charge in [-0.25, -0.2) is 0 Å². The van der Waals surface area contributed by atoms with Crippen LogP contribution in [0.2, 0.25) is 0 Å². The van der Waals surface area contributed by atoms with Gasteiger partial charge >= 0.3 is 0 Å². The number of aryl methyl sites for hydroxylation is 1. The van der Waals surface area contributed by atoms with Crippen molar-refractivity contribution < 1.29 is 9.53 Å². The molecule has 3 rings (SSSR count). The fourth-order valence-electron chi connectivity index (χ4n) is 2.95. The molecule has 1 aliphatic heterocycles. The molecule has 0 spiro atoms. The van der Waals surface area contributed by atoms with Crippen molar-refractivity contribution >= 4 is 12.0 Å². The SMILES string of the molecule is Cc1cc(NCC2CCCO2)c(C=O)c(=O)n1Cc1cccnc1. The van der Waals surface area contributed by atoms with Crippen LogP contribution in [0.15, 0.2) is 35.4 Å². The first-order valence-corrected chi connectivity index (χ1v) is 8.13. The van der Waals surface area contributed by atoms with Crippen molar-refractivity contribution in [1.82, 2.24) is 9.55 Å². The molecule has 1 N–H and O–H groups in total. The van der Waals surface area contributed by atoms with Gasteiger partial charge in [0, 0.05) is 31.2 Å². The van der Waals surface area contributed by atoms with E-state index in [9.17, 15) is 9.59 Å². The molecule has 0 aromatic carbocycles. The van der Waals surface area contributed by atoms with Crippen molar-refractivity contribution in [3.05, 3.63) is 57.8 Å². The number of ether oxygens (including phenoxy) is 1. The van der Waals surface area contributed by atoms with E-state index in [0.29, 0.717) is 25.1 Å². The lowest BCUT2D eigenvalue weighted by Gasteiger charge is -2.17. The quantitative estimate of drug-likeness (QED) is 0.822. The van der Waals surface area contributed by atoms with Gasteiger partial charge in [0.1, 0.15) is 5.56 Å². The molecule has 1 saturated heterocycles. The van der Waals surface area contributed by atoms with Gasteiger partial charge < -0.3 is 14.6 Å². The third-order valence-corrected chi connectivity index (χ3v) is 4.27. The Morgan fingerprint density at radius 1 is 1.50 bits per heavy atom. The van der Waals surface area contributed by atoms with E-state index in [1.54, 1.807) is 17.0 Å². The number of aldehydes is 1. The maximum Gasteiger partial charge on any atom is 0.263 e. The first-order valence-electron chi connectivity index (χ1n) is 8.13. The average molecular weight is 327 g/mol. The predicted molar refractivity (Wildman–Crippen MR) is 91.6 cm³/mol. The van der Waals surface area contributed by atoms with Gasteiger partial charge in [-0.15, -0.1) is 0 Å². The summed E-state index contributed by atoms with van der Waals surface area (Å²) in [6, 6.07) is 5.58. The van der Waals surface area contributed by atoms with E-state index in [4.69, 9.17) is 4.74 Å². The molecule has 6 nitrogen and oxygen atoms in total. The monoisotopic (exact) mass is 327 g/mol. The van der Waals surface area contributed by atoms with Crippen molar-refractivity contribution in [3.8, 4) is 0 Å². The van der Waals surface area contributed by atoms with Crippen LogP contribution in [0.4, 0.5) is 5.69 Å². The molecule has 6 heteroatoms. The summed E-state index contributed by atoms with van der Waals surface area (Å²) in [5.41, 5.74) is 2.15. The lowest BCUT2D eigenvalue weighted by Crippen LogP contribution is -2.29. The summed E-state index contributed by atoms with van der Waals surface area (Å²) in [6.07, 6.45) is 6.23. The molecule has 0 aliphatic carbocycles. The van der Waals surface area contributed by atoms with E-state index in [1.807, 2.05) is 25.1 Å². The number of hydrogen-bond acceptors (Lipinski definition) is 5. The van der Waals surface area contributed by atoms with E-state index in [2.05, 4.69) is 10.3 Å². The molecule has 0 amide bonds. The highest BCUT2D eigenvalue weighted by Gasteiger charge is 2.17. The second-order valence-electron chi connectivity index (χ2n) is 6.00. The molecule has 2 aromatic rings. The van der Waals surface area contributed by atoms with Gasteiger partial charge in [0.25, 0.3) is 5.56 Å². The Bertz CT molecular complexity index is 765. The van der Waals surface area contributed by atoms with Gasteiger partial charge in [-0.2, -0.15) is 0 Å². The lowest BCUT2D eigenvalue weighted by molar-refractivity contribution is 0.112. The van der Waals surface area contributed by atoms with Crippen LogP contribution in [-0.4, -0.2) is 35.1 Å². The van der Waals surface area contributed by atoms with Crippen LogP contribution < -0.4 is 10.9 Å². The standard InChI is InChI=1S/C18H21N3O3/c1-13-8-17(20-10-15-5-3-7-24-15)16(12-22)18(23)21(13)11-14-4-2-6-19-9-14/h2,4,6,8-9,12,15,20H,3,5,7,10-11H2,1H3.